The van der Waals surface area contributed by atoms with Crippen molar-refractivity contribution >= 4 is 23.0 Å². The van der Waals surface area contributed by atoms with E-state index in [1.807, 2.05) is 6.07 Å². The molecule has 1 N–H and O–H groups in total. The van der Waals surface area contributed by atoms with Gasteiger partial charge in [-0.1, -0.05) is 25.6 Å². The second kappa shape index (κ2) is 10.1. The Morgan fingerprint density at radius 2 is 2.09 bits per heavy atom. The maximum Gasteiger partial charge on any atom is 0.294 e. The molecular formula is C26H35N5O2. The summed E-state index contributed by atoms with van der Waals surface area (Å²) >= 11 is 0. The van der Waals surface area contributed by atoms with Crippen LogP contribution in [0, 0.1) is 12.5 Å². The van der Waals surface area contributed by atoms with Gasteiger partial charge in [-0.2, -0.15) is 0 Å². The predicted molar refractivity (Wildman–Crippen MR) is 132 cm³/mol. The minimum absolute atomic E-state index is 0.222. The summed E-state index contributed by atoms with van der Waals surface area (Å²) in [5, 5.41) is 3.08. The van der Waals surface area contributed by atoms with E-state index in [1.54, 1.807) is 6.08 Å². The Morgan fingerprint density at radius 1 is 1.33 bits per heavy atom. The summed E-state index contributed by atoms with van der Waals surface area (Å²) in [5.41, 5.74) is 3.24. The van der Waals surface area contributed by atoms with Gasteiger partial charge in [-0.25, -0.2) is 0 Å². The number of hydrogen-bond acceptors (Lipinski definition) is 5. The fourth-order valence-electron chi connectivity index (χ4n) is 4.70. The molecule has 0 radical (unpaired) electrons. The molecule has 2 fully saturated rings. The van der Waals surface area contributed by atoms with Gasteiger partial charge in [0.15, 0.2) is 5.71 Å². The topological polar surface area (TPSA) is 61.5 Å². The van der Waals surface area contributed by atoms with Crippen molar-refractivity contribution in [1.29, 1.82) is 0 Å². The van der Waals surface area contributed by atoms with Crippen LogP contribution in [0.3, 0.4) is 0 Å². The van der Waals surface area contributed by atoms with Crippen LogP contribution in [0.15, 0.2) is 35.1 Å². The quantitative estimate of drug-likeness (QED) is 0.597. The Labute approximate surface area is 197 Å². The van der Waals surface area contributed by atoms with Crippen molar-refractivity contribution in [2.24, 2.45) is 10.9 Å². The summed E-state index contributed by atoms with van der Waals surface area (Å²) < 4.78 is 6.45. The third-order valence-corrected chi connectivity index (χ3v) is 7.08. The molecule has 1 aliphatic carbocycles. The highest BCUT2D eigenvalue weighted by Gasteiger charge is 2.40. The number of hydrogen-bond donors (Lipinski definition) is 1. The number of likely N-dealkylation sites (N-methyl/N-ethyl adjacent to an activating group) is 1. The van der Waals surface area contributed by atoms with Crippen LogP contribution in [0.1, 0.15) is 51.0 Å². The molecule has 2 heterocycles. The van der Waals surface area contributed by atoms with Crippen molar-refractivity contribution in [3.63, 3.8) is 0 Å². The van der Waals surface area contributed by atoms with Crippen molar-refractivity contribution in [2.45, 2.75) is 51.0 Å². The first-order chi connectivity index (χ1) is 15.9. The van der Waals surface area contributed by atoms with Gasteiger partial charge in [0.1, 0.15) is 0 Å². The van der Waals surface area contributed by atoms with Crippen molar-refractivity contribution in [2.75, 3.05) is 50.6 Å². The van der Waals surface area contributed by atoms with Crippen LogP contribution in [-0.4, -0.2) is 56.9 Å². The van der Waals surface area contributed by atoms with Crippen molar-refractivity contribution in [1.82, 2.24) is 4.90 Å². The number of ether oxygens (including phenoxy) is 1. The summed E-state index contributed by atoms with van der Waals surface area (Å²) in [5.74, 6) is 0.785. The summed E-state index contributed by atoms with van der Waals surface area (Å²) in [6, 6.07) is 6.37. The van der Waals surface area contributed by atoms with Crippen LogP contribution in [-0.2, 0) is 15.1 Å². The Morgan fingerprint density at radius 3 is 2.70 bits per heavy atom. The minimum Gasteiger partial charge on any atom is -0.370 e. The molecule has 0 unspecified atom stereocenters. The zero-order valence-electron chi connectivity index (χ0n) is 20.1. The Balaban J connectivity index is 1.59. The number of benzene rings is 1. The third-order valence-electron chi connectivity index (χ3n) is 7.08. The van der Waals surface area contributed by atoms with Crippen LogP contribution in [0.4, 0.5) is 11.4 Å². The second-order valence-corrected chi connectivity index (χ2v) is 9.79. The summed E-state index contributed by atoms with van der Waals surface area (Å²) in [6.07, 6.45) is 7.63. The third kappa shape index (κ3) is 5.29. The molecule has 0 aromatic heterocycles. The lowest BCUT2D eigenvalue weighted by atomic mass is 9.74. The van der Waals surface area contributed by atoms with Crippen LogP contribution in [0.25, 0.3) is 4.85 Å². The molecule has 1 saturated carbocycles. The number of nitrogens with one attached hydrogen (secondary N) is 1. The standard InChI is InChI=1S/C26H35N5O2/c1-19-10-14-31(15-11-19)23-18-20(26(12-5-13-26)33-17-16-30(3)4)6-7-21(23)29-25(32)22-8-9-24(27-2)28-22/h6-7,9,18-19H,5,8,10-17H2,1,3-4H3,(H,29,32). The summed E-state index contributed by atoms with van der Waals surface area (Å²) in [6.45, 7) is 13.0. The highest BCUT2D eigenvalue weighted by molar-refractivity contribution is 6.44. The number of allylic oxidation sites excluding steroid dienone is 1. The molecule has 0 spiro atoms. The molecule has 0 bridgehead atoms. The van der Waals surface area contributed by atoms with Crippen LogP contribution >= 0.6 is 0 Å². The van der Waals surface area contributed by atoms with E-state index in [9.17, 15) is 4.79 Å². The van der Waals surface area contributed by atoms with Crippen LogP contribution in [0.5, 0.6) is 0 Å². The van der Waals surface area contributed by atoms with Gasteiger partial charge in [-0.05, 0) is 69.8 Å². The first-order valence-corrected chi connectivity index (χ1v) is 12.0. The van der Waals surface area contributed by atoms with E-state index in [4.69, 9.17) is 11.3 Å². The van der Waals surface area contributed by atoms with Gasteiger partial charge in [0.2, 0.25) is 0 Å². The average Bonchev–Trinajstić information content (AvgIpc) is 3.26. The first kappa shape index (κ1) is 23.5. The number of amides is 1. The number of aliphatic imine (C=N–C) groups is 1. The molecule has 7 nitrogen and oxygen atoms in total. The largest absolute Gasteiger partial charge is 0.370 e. The average molecular weight is 450 g/mol. The summed E-state index contributed by atoms with van der Waals surface area (Å²) in [7, 11) is 4.13. The lowest BCUT2D eigenvalue weighted by Gasteiger charge is -2.43. The van der Waals surface area contributed by atoms with Crippen molar-refractivity contribution in [3.8, 4) is 0 Å². The Kier molecular flexibility index (Phi) is 7.16. The maximum atomic E-state index is 12.9. The van der Waals surface area contributed by atoms with Crippen LogP contribution in [0.2, 0.25) is 0 Å². The van der Waals surface area contributed by atoms with Gasteiger partial charge in [-0.15, -0.1) is 4.99 Å². The first-order valence-electron chi connectivity index (χ1n) is 12.0. The molecule has 1 aromatic rings. The normalized spacial score (nSPS) is 20.2. The maximum absolute atomic E-state index is 12.9. The molecule has 1 saturated heterocycles. The number of nitrogens with zero attached hydrogens (tertiary/aromatic N) is 4. The number of carbonyl (C=O) groups is 1. The lowest BCUT2D eigenvalue weighted by molar-refractivity contribution is -0.110. The highest BCUT2D eigenvalue weighted by Crippen LogP contribution is 2.47. The molecule has 2 aliphatic heterocycles. The SMILES string of the molecule is [C-]#[N+]C1=CCC(C(=O)Nc2ccc(C3(OCCN(C)C)CCC3)cc2N2CCC(C)CC2)=N1. The molecule has 4 rings (SSSR count). The molecule has 33 heavy (non-hydrogen) atoms. The zero-order chi connectivity index (χ0) is 23.4. The zero-order valence-corrected chi connectivity index (χ0v) is 20.1. The molecule has 1 amide bonds. The van der Waals surface area contributed by atoms with Crippen LogP contribution < -0.4 is 10.2 Å². The smallest absolute Gasteiger partial charge is 0.294 e. The fraction of sp³-hybridized carbons (Fsp3) is 0.577. The fourth-order valence-corrected chi connectivity index (χ4v) is 4.70. The Hall–Kier alpha value is -2.69. The van der Waals surface area contributed by atoms with E-state index in [0.29, 0.717) is 24.6 Å². The second-order valence-electron chi connectivity index (χ2n) is 9.79. The number of carbonyl (C=O) groups excluding carboxylic acids is 1. The van der Waals surface area contributed by atoms with Gasteiger partial charge < -0.3 is 24.7 Å². The molecule has 7 heteroatoms. The molecule has 0 atom stereocenters. The van der Waals surface area contributed by atoms with E-state index in [-0.39, 0.29) is 11.5 Å². The lowest BCUT2D eigenvalue weighted by Crippen LogP contribution is -2.39. The van der Waals surface area contributed by atoms with E-state index in [0.717, 1.165) is 62.6 Å². The molecule has 176 valence electrons. The number of piperidine rings is 1. The van der Waals surface area contributed by atoms with E-state index < -0.39 is 0 Å². The molecule has 1 aromatic carbocycles. The van der Waals surface area contributed by atoms with Crippen molar-refractivity contribution in [3.05, 3.63) is 47.1 Å². The molecule has 3 aliphatic rings. The Bertz CT molecular complexity index is 979. The van der Waals surface area contributed by atoms with Crippen molar-refractivity contribution < 1.29 is 9.53 Å². The van der Waals surface area contributed by atoms with E-state index in [1.165, 1.54) is 12.0 Å². The van der Waals surface area contributed by atoms with Gasteiger partial charge in [-0.3, -0.25) is 4.79 Å². The number of rotatable bonds is 8. The summed E-state index contributed by atoms with van der Waals surface area (Å²) in [4.78, 5) is 24.9. The minimum atomic E-state index is -0.232. The highest BCUT2D eigenvalue weighted by atomic mass is 16.5. The number of anilines is 2. The van der Waals surface area contributed by atoms with Gasteiger partial charge >= 0.3 is 0 Å². The van der Waals surface area contributed by atoms with E-state index >= 15 is 0 Å². The monoisotopic (exact) mass is 449 g/mol. The van der Waals surface area contributed by atoms with Gasteiger partial charge in [0.25, 0.3) is 11.7 Å². The van der Waals surface area contributed by atoms with Gasteiger partial charge in [0, 0.05) is 26.1 Å². The van der Waals surface area contributed by atoms with Gasteiger partial charge in [0.05, 0.1) is 23.6 Å². The predicted octanol–water partition coefficient (Wildman–Crippen LogP) is 4.42. The van der Waals surface area contributed by atoms with E-state index in [2.05, 4.69) is 58.1 Å². The molecular weight excluding hydrogens is 414 g/mol.